The summed E-state index contributed by atoms with van der Waals surface area (Å²) in [4.78, 5) is 9.53. The van der Waals surface area contributed by atoms with Crippen molar-refractivity contribution in [2.24, 2.45) is 0 Å². The Balaban J connectivity index is 3.07. The lowest BCUT2D eigenvalue weighted by molar-refractivity contribution is 0.194. The molecule has 0 aromatic rings. The smallest absolute Gasteiger partial charge is 0.328 e. The van der Waals surface area contributed by atoms with Gasteiger partial charge in [-0.25, -0.2) is 0 Å². The van der Waals surface area contributed by atoms with Gasteiger partial charge in [0.05, 0.1) is 13.2 Å². The molecule has 0 fully saturated rings. The SMILES string of the molecule is CCCCCCCCCCCCCOP(O)OCCCCC. The first kappa shape index (κ1) is 22.3. The zero-order valence-electron chi connectivity index (χ0n) is 15.0. The summed E-state index contributed by atoms with van der Waals surface area (Å²) in [6.45, 7) is 5.68. The quantitative estimate of drug-likeness (QED) is 0.223. The molecule has 134 valence electrons. The van der Waals surface area contributed by atoms with Gasteiger partial charge in [-0.3, -0.25) is 0 Å². The topological polar surface area (TPSA) is 38.7 Å². The summed E-state index contributed by atoms with van der Waals surface area (Å²) in [6, 6.07) is 0. The molecule has 0 radical (unpaired) electrons. The molecule has 0 aliphatic carbocycles. The van der Waals surface area contributed by atoms with Gasteiger partial charge in [0.2, 0.25) is 0 Å². The van der Waals surface area contributed by atoms with Gasteiger partial charge >= 0.3 is 8.60 Å². The summed E-state index contributed by atoms with van der Waals surface area (Å²) in [5, 5.41) is 0. The number of hydrogen-bond acceptors (Lipinski definition) is 3. The van der Waals surface area contributed by atoms with Crippen LogP contribution in [0.2, 0.25) is 0 Å². The Kier molecular flexibility index (Phi) is 19.6. The first-order valence-corrected chi connectivity index (χ1v) is 10.7. The highest BCUT2D eigenvalue weighted by molar-refractivity contribution is 7.40. The summed E-state index contributed by atoms with van der Waals surface area (Å²) >= 11 is 0. The van der Waals surface area contributed by atoms with Crippen molar-refractivity contribution in [3.8, 4) is 0 Å². The Morgan fingerprint density at radius 3 is 1.32 bits per heavy atom. The minimum Gasteiger partial charge on any atom is -0.328 e. The van der Waals surface area contributed by atoms with Crippen molar-refractivity contribution in [2.45, 2.75) is 104 Å². The van der Waals surface area contributed by atoms with Gasteiger partial charge in [-0.2, -0.15) is 0 Å². The average molecular weight is 334 g/mol. The first-order valence-electron chi connectivity index (χ1n) is 9.56. The molecule has 0 heterocycles. The second kappa shape index (κ2) is 19.4. The van der Waals surface area contributed by atoms with Crippen molar-refractivity contribution in [3.63, 3.8) is 0 Å². The predicted molar refractivity (Wildman–Crippen MR) is 97.0 cm³/mol. The molecule has 0 aromatic heterocycles. The van der Waals surface area contributed by atoms with E-state index in [0.29, 0.717) is 13.2 Å². The van der Waals surface area contributed by atoms with Gasteiger partial charge < -0.3 is 13.9 Å². The van der Waals surface area contributed by atoms with Crippen LogP contribution >= 0.6 is 8.60 Å². The van der Waals surface area contributed by atoms with Crippen molar-refractivity contribution in [2.75, 3.05) is 13.2 Å². The molecule has 0 saturated heterocycles. The van der Waals surface area contributed by atoms with E-state index in [2.05, 4.69) is 13.8 Å². The van der Waals surface area contributed by atoms with E-state index < -0.39 is 8.60 Å². The van der Waals surface area contributed by atoms with Crippen molar-refractivity contribution in [1.29, 1.82) is 0 Å². The minimum absolute atomic E-state index is 0.619. The third kappa shape index (κ3) is 18.4. The van der Waals surface area contributed by atoms with E-state index in [1.165, 1.54) is 70.6 Å². The molecule has 0 saturated carbocycles. The number of rotatable bonds is 18. The third-order valence-corrected chi connectivity index (χ3v) is 4.71. The molecule has 0 aliphatic heterocycles. The van der Waals surface area contributed by atoms with Gasteiger partial charge in [-0.05, 0) is 12.8 Å². The molecule has 1 unspecified atom stereocenters. The normalized spacial score (nSPS) is 12.7. The summed E-state index contributed by atoms with van der Waals surface area (Å²) < 4.78 is 10.5. The van der Waals surface area contributed by atoms with Gasteiger partial charge in [0.15, 0.2) is 0 Å². The Bertz CT molecular complexity index is 203. The summed E-state index contributed by atoms with van der Waals surface area (Å²) in [7, 11) is -1.64. The molecule has 3 nitrogen and oxygen atoms in total. The molecule has 0 aliphatic rings. The van der Waals surface area contributed by atoms with Crippen LogP contribution in [0.4, 0.5) is 0 Å². The van der Waals surface area contributed by atoms with Crippen LogP contribution in [0.15, 0.2) is 0 Å². The van der Waals surface area contributed by atoms with Crippen molar-refractivity contribution >= 4 is 8.60 Å². The lowest BCUT2D eigenvalue weighted by Gasteiger charge is -2.10. The van der Waals surface area contributed by atoms with Crippen LogP contribution in [0.5, 0.6) is 0 Å². The molecular weight excluding hydrogens is 295 g/mol. The molecule has 0 aromatic carbocycles. The van der Waals surface area contributed by atoms with E-state index in [9.17, 15) is 4.89 Å². The van der Waals surface area contributed by atoms with Crippen LogP contribution in [-0.2, 0) is 9.05 Å². The summed E-state index contributed by atoms with van der Waals surface area (Å²) in [6.07, 6.45) is 18.0. The van der Waals surface area contributed by atoms with E-state index in [0.717, 1.165) is 19.3 Å². The Morgan fingerprint density at radius 1 is 0.545 bits per heavy atom. The van der Waals surface area contributed by atoms with Crippen LogP contribution in [-0.4, -0.2) is 18.1 Å². The zero-order chi connectivity index (χ0) is 16.3. The van der Waals surface area contributed by atoms with Crippen molar-refractivity contribution in [3.05, 3.63) is 0 Å². The average Bonchev–Trinajstić information content (AvgIpc) is 2.52. The highest BCUT2D eigenvalue weighted by atomic mass is 31.2. The van der Waals surface area contributed by atoms with E-state index in [-0.39, 0.29) is 0 Å². The van der Waals surface area contributed by atoms with Gasteiger partial charge in [0.25, 0.3) is 0 Å². The minimum atomic E-state index is -1.64. The van der Waals surface area contributed by atoms with Gasteiger partial charge in [-0.1, -0.05) is 90.9 Å². The molecule has 0 rings (SSSR count). The second-order valence-electron chi connectivity index (χ2n) is 6.15. The lowest BCUT2D eigenvalue weighted by atomic mass is 10.1. The third-order valence-electron chi connectivity index (χ3n) is 3.90. The highest BCUT2D eigenvalue weighted by Crippen LogP contribution is 2.33. The highest BCUT2D eigenvalue weighted by Gasteiger charge is 2.05. The molecule has 0 bridgehead atoms. The van der Waals surface area contributed by atoms with Gasteiger partial charge in [-0.15, -0.1) is 0 Å². The predicted octanol–water partition coefficient (Wildman–Crippen LogP) is 6.74. The second-order valence-corrected chi connectivity index (χ2v) is 7.14. The van der Waals surface area contributed by atoms with E-state index in [4.69, 9.17) is 9.05 Å². The van der Waals surface area contributed by atoms with E-state index in [1.54, 1.807) is 0 Å². The fraction of sp³-hybridized carbons (Fsp3) is 1.00. The molecule has 0 amide bonds. The maximum absolute atomic E-state index is 9.53. The zero-order valence-corrected chi connectivity index (χ0v) is 15.9. The maximum Gasteiger partial charge on any atom is 0.329 e. The molecule has 22 heavy (non-hydrogen) atoms. The maximum atomic E-state index is 9.53. The van der Waals surface area contributed by atoms with Crippen LogP contribution in [0.25, 0.3) is 0 Å². The number of unbranched alkanes of at least 4 members (excludes halogenated alkanes) is 12. The fourth-order valence-corrected chi connectivity index (χ4v) is 3.09. The van der Waals surface area contributed by atoms with E-state index >= 15 is 0 Å². The Labute approximate surface area is 140 Å². The van der Waals surface area contributed by atoms with Crippen LogP contribution in [0, 0.1) is 0 Å². The van der Waals surface area contributed by atoms with Crippen molar-refractivity contribution in [1.82, 2.24) is 0 Å². The standard InChI is InChI=1S/C18H39O3P/c1-3-5-7-8-9-10-11-12-13-14-16-18-21-22(19)20-17-15-6-4-2/h19H,3-18H2,1-2H3. The van der Waals surface area contributed by atoms with E-state index in [1.807, 2.05) is 0 Å². The Morgan fingerprint density at radius 2 is 0.864 bits per heavy atom. The molecular formula is C18H39O3P. The van der Waals surface area contributed by atoms with Crippen molar-refractivity contribution < 1.29 is 13.9 Å². The number of hydrogen-bond donors (Lipinski definition) is 1. The monoisotopic (exact) mass is 334 g/mol. The molecule has 1 atom stereocenters. The summed E-state index contributed by atoms with van der Waals surface area (Å²) in [5.41, 5.74) is 0. The summed E-state index contributed by atoms with van der Waals surface area (Å²) in [5.74, 6) is 0. The Hall–Kier alpha value is 0.310. The van der Waals surface area contributed by atoms with Crippen LogP contribution < -0.4 is 0 Å². The first-order chi connectivity index (χ1) is 10.8. The van der Waals surface area contributed by atoms with Crippen LogP contribution in [0.3, 0.4) is 0 Å². The molecule has 0 spiro atoms. The van der Waals surface area contributed by atoms with Gasteiger partial charge in [0.1, 0.15) is 0 Å². The molecule has 1 N–H and O–H groups in total. The van der Waals surface area contributed by atoms with Crippen LogP contribution in [0.1, 0.15) is 104 Å². The molecule has 4 heteroatoms. The fourth-order valence-electron chi connectivity index (χ4n) is 2.44. The van der Waals surface area contributed by atoms with Gasteiger partial charge in [0, 0.05) is 0 Å². The largest absolute Gasteiger partial charge is 0.329 e. The lowest BCUT2D eigenvalue weighted by Crippen LogP contribution is -1.95.